The first-order chi connectivity index (χ1) is 15.3. The topological polar surface area (TPSA) is 27.7 Å². The van der Waals surface area contributed by atoms with E-state index in [2.05, 4.69) is 48.5 Å². The van der Waals surface area contributed by atoms with Gasteiger partial charge in [0.05, 0.1) is 13.2 Å². The van der Waals surface area contributed by atoms with E-state index >= 15 is 0 Å². The van der Waals surface area contributed by atoms with Crippen LogP contribution in [0.15, 0.2) is 109 Å². The Balaban J connectivity index is 1.18. The van der Waals surface area contributed by atoms with E-state index in [9.17, 15) is 0 Å². The molecule has 0 atom stereocenters. The third-order valence-corrected chi connectivity index (χ3v) is 4.88. The standard InChI is InChI=1S/C28H26O3/c1-3-7-27(8-4-1)30-21-25-15-11-23(12-16-25)19-29-20-24-13-17-26(18-14-24)22-31-28-9-5-2-6-10-28/h1-18H,19-22H2. The number of ether oxygens (including phenoxy) is 3. The van der Waals surface area contributed by atoms with Crippen molar-refractivity contribution in [2.24, 2.45) is 0 Å². The van der Waals surface area contributed by atoms with Gasteiger partial charge < -0.3 is 14.2 Å². The van der Waals surface area contributed by atoms with Crippen molar-refractivity contribution < 1.29 is 14.2 Å². The molecule has 0 N–H and O–H groups in total. The smallest absolute Gasteiger partial charge is 0.119 e. The van der Waals surface area contributed by atoms with Gasteiger partial charge in [-0.15, -0.1) is 0 Å². The average molecular weight is 411 g/mol. The van der Waals surface area contributed by atoms with Gasteiger partial charge in [0.15, 0.2) is 0 Å². The van der Waals surface area contributed by atoms with Gasteiger partial charge in [0, 0.05) is 0 Å². The molecule has 31 heavy (non-hydrogen) atoms. The van der Waals surface area contributed by atoms with Gasteiger partial charge in [-0.2, -0.15) is 0 Å². The molecular weight excluding hydrogens is 384 g/mol. The third-order valence-electron chi connectivity index (χ3n) is 4.88. The highest BCUT2D eigenvalue weighted by molar-refractivity contribution is 5.26. The zero-order valence-electron chi connectivity index (χ0n) is 17.4. The molecule has 0 saturated carbocycles. The van der Waals surface area contributed by atoms with Gasteiger partial charge in [-0.25, -0.2) is 0 Å². The summed E-state index contributed by atoms with van der Waals surface area (Å²) < 4.78 is 17.4. The minimum absolute atomic E-state index is 0.561. The van der Waals surface area contributed by atoms with E-state index in [0.29, 0.717) is 26.4 Å². The number of para-hydroxylation sites is 2. The highest BCUT2D eigenvalue weighted by atomic mass is 16.5. The Morgan fingerprint density at radius 1 is 0.355 bits per heavy atom. The summed E-state index contributed by atoms with van der Waals surface area (Å²) in [6, 6.07) is 36.4. The predicted octanol–water partition coefficient (Wildman–Crippen LogP) is 6.56. The lowest BCUT2D eigenvalue weighted by Gasteiger charge is -2.09. The van der Waals surface area contributed by atoms with Gasteiger partial charge in [0.2, 0.25) is 0 Å². The van der Waals surface area contributed by atoms with Crippen LogP contribution in [-0.2, 0) is 31.2 Å². The summed E-state index contributed by atoms with van der Waals surface area (Å²) in [6.07, 6.45) is 0. The maximum atomic E-state index is 5.88. The third kappa shape index (κ3) is 6.73. The van der Waals surface area contributed by atoms with Crippen LogP contribution in [0.1, 0.15) is 22.3 Å². The fourth-order valence-electron chi connectivity index (χ4n) is 3.12. The van der Waals surface area contributed by atoms with Crippen molar-refractivity contribution in [3.8, 4) is 11.5 Å². The Bertz CT molecular complexity index is 940. The molecule has 0 aliphatic heterocycles. The molecule has 0 radical (unpaired) electrons. The summed E-state index contributed by atoms with van der Waals surface area (Å²) in [5.74, 6) is 1.76. The van der Waals surface area contributed by atoms with E-state index in [1.165, 1.54) is 0 Å². The van der Waals surface area contributed by atoms with Crippen molar-refractivity contribution >= 4 is 0 Å². The molecule has 3 heteroatoms. The Morgan fingerprint density at radius 2 is 0.677 bits per heavy atom. The molecule has 0 unspecified atom stereocenters. The van der Waals surface area contributed by atoms with Gasteiger partial charge in [0.25, 0.3) is 0 Å². The molecule has 0 spiro atoms. The van der Waals surface area contributed by atoms with Crippen molar-refractivity contribution in [2.45, 2.75) is 26.4 Å². The summed E-state index contributed by atoms with van der Waals surface area (Å²) in [5, 5.41) is 0. The lowest BCUT2D eigenvalue weighted by atomic mass is 10.1. The molecule has 0 aromatic heterocycles. The van der Waals surface area contributed by atoms with Gasteiger partial charge in [-0.1, -0.05) is 84.9 Å². The molecule has 4 rings (SSSR count). The van der Waals surface area contributed by atoms with Gasteiger partial charge in [-0.05, 0) is 46.5 Å². The summed E-state index contributed by atoms with van der Waals surface area (Å²) >= 11 is 0. The fraction of sp³-hybridized carbons (Fsp3) is 0.143. The molecule has 0 heterocycles. The van der Waals surface area contributed by atoms with Crippen LogP contribution in [0, 0.1) is 0 Å². The Hall–Kier alpha value is -3.56. The molecule has 0 bridgehead atoms. The molecule has 0 aliphatic rings. The van der Waals surface area contributed by atoms with Gasteiger partial charge >= 0.3 is 0 Å². The first-order valence-corrected chi connectivity index (χ1v) is 10.4. The van der Waals surface area contributed by atoms with E-state index in [4.69, 9.17) is 14.2 Å². The highest BCUT2D eigenvalue weighted by Crippen LogP contribution is 2.15. The van der Waals surface area contributed by atoms with Crippen molar-refractivity contribution in [1.82, 2.24) is 0 Å². The Morgan fingerprint density at radius 3 is 1.03 bits per heavy atom. The number of rotatable bonds is 10. The second-order valence-electron chi connectivity index (χ2n) is 7.33. The predicted molar refractivity (Wildman–Crippen MR) is 123 cm³/mol. The molecular formula is C28H26O3. The van der Waals surface area contributed by atoms with Crippen LogP contribution in [0.2, 0.25) is 0 Å². The molecule has 0 aliphatic carbocycles. The lowest BCUT2D eigenvalue weighted by Crippen LogP contribution is -1.98. The first kappa shape index (κ1) is 20.7. The fourth-order valence-corrected chi connectivity index (χ4v) is 3.12. The second kappa shape index (κ2) is 11.0. The monoisotopic (exact) mass is 410 g/mol. The highest BCUT2D eigenvalue weighted by Gasteiger charge is 2.00. The molecule has 4 aromatic carbocycles. The molecule has 156 valence electrons. The van der Waals surface area contributed by atoms with Crippen molar-refractivity contribution in [3.05, 3.63) is 131 Å². The first-order valence-electron chi connectivity index (χ1n) is 10.4. The number of hydrogen-bond donors (Lipinski definition) is 0. The largest absolute Gasteiger partial charge is 0.489 e. The van der Waals surface area contributed by atoms with Crippen LogP contribution >= 0.6 is 0 Å². The molecule has 3 nitrogen and oxygen atoms in total. The maximum absolute atomic E-state index is 5.88. The molecule has 4 aromatic rings. The Kier molecular flexibility index (Phi) is 7.35. The van der Waals surface area contributed by atoms with E-state index in [-0.39, 0.29) is 0 Å². The summed E-state index contributed by atoms with van der Waals surface area (Å²) in [6.45, 7) is 2.29. The quantitative estimate of drug-likeness (QED) is 0.296. The van der Waals surface area contributed by atoms with E-state index in [0.717, 1.165) is 33.8 Å². The van der Waals surface area contributed by atoms with Crippen LogP contribution < -0.4 is 9.47 Å². The van der Waals surface area contributed by atoms with Crippen LogP contribution in [0.3, 0.4) is 0 Å². The van der Waals surface area contributed by atoms with Crippen LogP contribution in [0.4, 0.5) is 0 Å². The summed E-state index contributed by atoms with van der Waals surface area (Å²) in [5.41, 5.74) is 4.58. The van der Waals surface area contributed by atoms with Crippen LogP contribution in [0.5, 0.6) is 11.5 Å². The van der Waals surface area contributed by atoms with Crippen molar-refractivity contribution in [1.29, 1.82) is 0 Å². The summed E-state index contributed by atoms with van der Waals surface area (Å²) in [4.78, 5) is 0. The maximum Gasteiger partial charge on any atom is 0.119 e. The zero-order chi connectivity index (χ0) is 21.1. The molecule has 0 amide bonds. The van der Waals surface area contributed by atoms with E-state index < -0.39 is 0 Å². The second-order valence-corrected chi connectivity index (χ2v) is 7.33. The number of hydrogen-bond acceptors (Lipinski definition) is 3. The van der Waals surface area contributed by atoms with Crippen molar-refractivity contribution in [3.63, 3.8) is 0 Å². The normalized spacial score (nSPS) is 10.6. The van der Waals surface area contributed by atoms with Crippen molar-refractivity contribution in [2.75, 3.05) is 0 Å². The van der Waals surface area contributed by atoms with Gasteiger partial charge in [-0.3, -0.25) is 0 Å². The van der Waals surface area contributed by atoms with Crippen LogP contribution in [-0.4, -0.2) is 0 Å². The Labute approximate surface area is 183 Å². The minimum Gasteiger partial charge on any atom is -0.489 e. The SMILES string of the molecule is c1ccc(OCc2ccc(COCc3ccc(COc4ccccc4)cc3)cc2)cc1. The molecule has 0 saturated heterocycles. The van der Waals surface area contributed by atoms with E-state index in [1.807, 2.05) is 60.7 Å². The van der Waals surface area contributed by atoms with Gasteiger partial charge in [0.1, 0.15) is 24.7 Å². The lowest BCUT2D eigenvalue weighted by molar-refractivity contribution is 0.107. The average Bonchev–Trinajstić information content (AvgIpc) is 2.84. The molecule has 0 fully saturated rings. The zero-order valence-corrected chi connectivity index (χ0v) is 17.4. The number of benzene rings is 4. The van der Waals surface area contributed by atoms with Crippen LogP contribution in [0.25, 0.3) is 0 Å². The van der Waals surface area contributed by atoms with E-state index in [1.54, 1.807) is 0 Å². The summed E-state index contributed by atoms with van der Waals surface area (Å²) in [7, 11) is 0. The minimum atomic E-state index is 0.561.